The number of hydrogen-bond donors (Lipinski definition) is 2. The largest absolute Gasteiger partial charge is 0.477 e. The Labute approximate surface area is 152 Å². The zero-order valence-corrected chi connectivity index (χ0v) is 15.2. The number of β-lactam (4-membered cyclic amide) rings is 1. The number of aliphatic carboxylic acids is 1. The second kappa shape index (κ2) is 5.49. The number of carbonyl (C=O) groups is 3. The Hall–Kier alpha value is -2.52. The Kier molecular flexibility index (Phi) is 3.57. The fraction of sp³-hybridized carbons (Fsp3) is 0.412. The molecule has 0 bridgehead atoms. The van der Waals surface area contributed by atoms with Crippen LogP contribution in [0.2, 0.25) is 0 Å². The van der Waals surface area contributed by atoms with E-state index in [4.69, 9.17) is 0 Å². The molecular weight excluding hydrogens is 358 g/mol. The molecule has 3 atom stereocenters. The molecule has 0 unspecified atom stereocenters. The third-order valence-corrected chi connectivity index (χ3v) is 6.21. The quantitative estimate of drug-likeness (QED) is 0.616. The maximum atomic E-state index is 12.3. The van der Waals surface area contributed by atoms with Gasteiger partial charge in [-0.3, -0.25) is 14.0 Å². The molecule has 4 heterocycles. The van der Waals surface area contributed by atoms with Crippen molar-refractivity contribution in [1.82, 2.24) is 14.3 Å². The van der Waals surface area contributed by atoms with Crippen molar-refractivity contribution in [2.45, 2.75) is 39.3 Å². The van der Waals surface area contributed by atoms with E-state index < -0.39 is 18.0 Å². The van der Waals surface area contributed by atoms with Crippen LogP contribution in [0.4, 0.5) is 0 Å². The average Bonchev–Trinajstić information content (AvgIpc) is 3.17. The van der Waals surface area contributed by atoms with Gasteiger partial charge in [0.15, 0.2) is 5.78 Å². The van der Waals surface area contributed by atoms with Gasteiger partial charge in [-0.15, -0.1) is 11.3 Å². The van der Waals surface area contributed by atoms with Crippen molar-refractivity contribution in [2.24, 2.45) is 5.92 Å². The summed E-state index contributed by atoms with van der Waals surface area (Å²) in [5.74, 6) is -1.62. The minimum atomic E-state index is -1.17. The Morgan fingerprint density at radius 2 is 2.12 bits per heavy atom. The highest BCUT2D eigenvalue weighted by atomic mass is 32.1. The van der Waals surface area contributed by atoms with Crippen LogP contribution >= 0.6 is 11.3 Å². The third-order valence-electron chi connectivity index (χ3n) is 5.06. The van der Waals surface area contributed by atoms with E-state index in [1.807, 2.05) is 0 Å². The number of hydrogen-bond acceptors (Lipinski definition) is 6. The molecule has 1 fully saturated rings. The maximum Gasteiger partial charge on any atom is 0.352 e. The molecule has 0 saturated carbocycles. The molecule has 136 valence electrons. The highest BCUT2D eigenvalue weighted by molar-refractivity contribution is 7.18. The van der Waals surface area contributed by atoms with Crippen LogP contribution in [-0.4, -0.2) is 54.3 Å². The van der Waals surface area contributed by atoms with Gasteiger partial charge in [0.2, 0.25) is 5.91 Å². The van der Waals surface area contributed by atoms with Crippen LogP contribution in [0.3, 0.4) is 0 Å². The second-order valence-corrected chi connectivity index (χ2v) is 7.74. The molecule has 0 spiro atoms. The SMILES string of the molecule is CC(=O)c1nc(C)n2cc(C3=C(C(=O)O)N4C(=O)[C@H]([C@@H](C)O)[C@H]4C3)sc12. The van der Waals surface area contributed by atoms with Gasteiger partial charge >= 0.3 is 5.97 Å². The summed E-state index contributed by atoms with van der Waals surface area (Å²) in [6.07, 6.45) is 1.31. The van der Waals surface area contributed by atoms with Gasteiger partial charge in [-0.25, -0.2) is 9.78 Å². The molecular formula is C17H17N3O5S. The molecule has 8 nitrogen and oxygen atoms in total. The van der Waals surface area contributed by atoms with Gasteiger partial charge in [0.1, 0.15) is 22.0 Å². The molecule has 9 heteroatoms. The van der Waals surface area contributed by atoms with Crippen molar-refractivity contribution >= 4 is 39.4 Å². The lowest BCUT2D eigenvalue weighted by Gasteiger charge is -2.44. The number of imidazole rings is 1. The number of carboxylic acid groups (broad SMARTS) is 1. The number of aliphatic hydroxyl groups is 1. The van der Waals surface area contributed by atoms with Crippen LogP contribution in [0.1, 0.15) is 41.5 Å². The van der Waals surface area contributed by atoms with Gasteiger partial charge in [-0.2, -0.15) is 0 Å². The van der Waals surface area contributed by atoms with Gasteiger partial charge in [-0.1, -0.05) is 0 Å². The van der Waals surface area contributed by atoms with Crippen LogP contribution in [0, 0.1) is 12.8 Å². The molecule has 0 radical (unpaired) electrons. The number of Topliss-reactive ketones (excluding diaryl/α,β-unsaturated/α-hetero) is 1. The summed E-state index contributed by atoms with van der Waals surface area (Å²) < 4.78 is 1.77. The van der Waals surface area contributed by atoms with E-state index in [1.54, 1.807) is 24.4 Å². The van der Waals surface area contributed by atoms with Crippen molar-refractivity contribution in [3.63, 3.8) is 0 Å². The van der Waals surface area contributed by atoms with Gasteiger partial charge < -0.3 is 15.1 Å². The molecule has 0 aliphatic carbocycles. The smallest absolute Gasteiger partial charge is 0.352 e. The first-order valence-electron chi connectivity index (χ1n) is 8.19. The Morgan fingerprint density at radius 3 is 2.69 bits per heavy atom. The summed E-state index contributed by atoms with van der Waals surface area (Å²) in [5.41, 5.74) is 0.883. The summed E-state index contributed by atoms with van der Waals surface area (Å²) in [7, 11) is 0. The van der Waals surface area contributed by atoms with E-state index in [9.17, 15) is 24.6 Å². The summed E-state index contributed by atoms with van der Waals surface area (Å²) >= 11 is 1.29. The van der Waals surface area contributed by atoms with Crippen LogP contribution in [-0.2, 0) is 9.59 Å². The number of nitrogens with zero attached hydrogens (tertiary/aromatic N) is 3. The van der Waals surface area contributed by atoms with Crippen LogP contribution in [0.15, 0.2) is 11.9 Å². The Morgan fingerprint density at radius 1 is 1.42 bits per heavy atom. The lowest BCUT2D eigenvalue weighted by atomic mass is 9.83. The Bertz CT molecular complexity index is 1020. The zero-order chi connectivity index (χ0) is 18.9. The van der Waals surface area contributed by atoms with Gasteiger partial charge in [0.25, 0.3) is 0 Å². The lowest BCUT2D eigenvalue weighted by molar-refractivity contribution is -0.161. The standard InChI is InChI=1S/C17H17N3O5S/c1-6(21)12-10-4-9(14(17(24)25)20(10)15(12)23)11-5-19-8(3)18-13(7(2)22)16(19)26-11/h5-6,10,12,21H,4H2,1-3H3,(H,24,25)/t6-,10-,12-/m1/s1. The van der Waals surface area contributed by atoms with E-state index in [1.165, 1.54) is 23.2 Å². The first-order chi connectivity index (χ1) is 12.2. The molecule has 2 aliphatic heterocycles. The first kappa shape index (κ1) is 16.9. The van der Waals surface area contributed by atoms with E-state index in [0.29, 0.717) is 33.2 Å². The van der Waals surface area contributed by atoms with Crippen LogP contribution in [0.25, 0.3) is 10.4 Å². The predicted octanol–water partition coefficient (Wildman–Crippen LogP) is 1.31. The average molecular weight is 375 g/mol. The molecule has 1 amide bonds. The van der Waals surface area contributed by atoms with Crippen molar-refractivity contribution in [1.29, 1.82) is 0 Å². The minimum absolute atomic E-state index is 0.0311. The third kappa shape index (κ3) is 2.10. The predicted molar refractivity (Wildman–Crippen MR) is 92.8 cm³/mol. The number of fused-ring (bicyclic) bond motifs is 2. The van der Waals surface area contributed by atoms with E-state index in [2.05, 4.69) is 4.98 Å². The number of carboxylic acids is 1. The molecule has 26 heavy (non-hydrogen) atoms. The number of aliphatic hydroxyl groups excluding tert-OH is 1. The fourth-order valence-corrected chi connectivity index (χ4v) is 5.12. The molecule has 2 aromatic heterocycles. The number of thiazole rings is 1. The number of ketones is 1. The maximum absolute atomic E-state index is 12.3. The van der Waals surface area contributed by atoms with Crippen molar-refractivity contribution in [3.8, 4) is 0 Å². The number of aryl methyl sites for hydroxylation is 1. The second-order valence-electron chi connectivity index (χ2n) is 6.71. The van der Waals surface area contributed by atoms with Crippen molar-refractivity contribution in [3.05, 3.63) is 28.3 Å². The monoisotopic (exact) mass is 375 g/mol. The molecule has 2 aromatic rings. The highest BCUT2D eigenvalue weighted by Gasteiger charge is 2.57. The van der Waals surface area contributed by atoms with Crippen LogP contribution < -0.4 is 0 Å². The highest BCUT2D eigenvalue weighted by Crippen LogP contribution is 2.48. The number of amides is 1. The van der Waals surface area contributed by atoms with Crippen molar-refractivity contribution < 1.29 is 24.6 Å². The first-order valence-corrected chi connectivity index (χ1v) is 9.01. The summed E-state index contributed by atoms with van der Waals surface area (Å²) in [6.45, 7) is 4.76. The van der Waals surface area contributed by atoms with E-state index in [0.717, 1.165) is 0 Å². The normalized spacial score (nSPS) is 23.4. The number of rotatable bonds is 4. The number of carbonyl (C=O) groups excluding carboxylic acids is 2. The van der Waals surface area contributed by atoms with Gasteiger partial charge in [-0.05, 0) is 20.3 Å². The molecule has 0 aromatic carbocycles. The Balaban J connectivity index is 1.84. The molecule has 4 rings (SSSR count). The summed E-state index contributed by atoms with van der Waals surface area (Å²) in [6, 6.07) is -0.337. The summed E-state index contributed by atoms with van der Waals surface area (Å²) in [4.78, 5) is 42.8. The lowest BCUT2D eigenvalue weighted by Crippen LogP contribution is -2.61. The topological polar surface area (TPSA) is 112 Å². The minimum Gasteiger partial charge on any atom is -0.477 e. The van der Waals surface area contributed by atoms with Crippen LogP contribution in [0.5, 0.6) is 0 Å². The molecule has 1 saturated heterocycles. The van der Waals surface area contributed by atoms with E-state index >= 15 is 0 Å². The van der Waals surface area contributed by atoms with Gasteiger partial charge in [0, 0.05) is 18.7 Å². The van der Waals surface area contributed by atoms with Crippen molar-refractivity contribution in [2.75, 3.05) is 0 Å². The molecule has 2 aliphatic rings. The zero-order valence-electron chi connectivity index (χ0n) is 14.4. The van der Waals surface area contributed by atoms with Gasteiger partial charge in [0.05, 0.1) is 22.9 Å². The summed E-state index contributed by atoms with van der Waals surface area (Å²) in [5, 5.41) is 19.5. The number of aromatic nitrogens is 2. The van der Waals surface area contributed by atoms with E-state index in [-0.39, 0.29) is 23.4 Å². The fourth-order valence-electron chi connectivity index (χ4n) is 3.88. The molecule has 2 N–H and O–H groups in total.